The maximum Gasteiger partial charge on any atom is 0.220 e. The Morgan fingerprint density at radius 1 is 1.41 bits per heavy atom. The van der Waals surface area contributed by atoms with Crippen LogP contribution in [-0.4, -0.2) is 24.4 Å². The Morgan fingerprint density at radius 2 is 2.06 bits per heavy atom. The van der Waals surface area contributed by atoms with Gasteiger partial charge in [-0.15, -0.1) is 0 Å². The number of amides is 1. The van der Waals surface area contributed by atoms with Crippen molar-refractivity contribution < 1.29 is 9.53 Å². The molecule has 0 spiro atoms. The van der Waals surface area contributed by atoms with Crippen LogP contribution in [0.25, 0.3) is 0 Å². The van der Waals surface area contributed by atoms with Gasteiger partial charge in [-0.3, -0.25) is 4.79 Å². The molecule has 1 aromatic rings. The monoisotopic (exact) mass is 299 g/mol. The van der Waals surface area contributed by atoms with Gasteiger partial charge in [-0.25, -0.2) is 0 Å². The third kappa shape index (κ3) is 5.73. The van der Waals surface area contributed by atoms with Gasteiger partial charge < -0.3 is 10.1 Å². The van der Waals surface area contributed by atoms with Crippen molar-refractivity contribution in [1.82, 2.24) is 5.32 Å². The average Bonchev–Trinajstić information content (AvgIpc) is 2.34. The van der Waals surface area contributed by atoms with Gasteiger partial charge in [-0.05, 0) is 24.1 Å². The topological polar surface area (TPSA) is 38.3 Å². The molecular formula is C13H18BrNO2. The molecule has 1 aromatic carbocycles. The number of carbonyl (C=O) groups excluding carboxylic acids is 1. The number of carbonyl (C=O) groups is 1. The number of methoxy groups -OCH3 is 1. The lowest BCUT2D eigenvalue weighted by atomic mass is 10.1. The van der Waals surface area contributed by atoms with Crippen molar-refractivity contribution in [2.45, 2.75) is 24.6 Å². The fourth-order valence-electron chi connectivity index (χ4n) is 1.39. The predicted octanol–water partition coefficient (Wildman–Crippen LogP) is 2.53. The second-order valence-electron chi connectivity index (χ2n) is 3.93. The van der Waals surface area contributed by atoms with Crippen molar-refractivity contribution in [2.24, 2.45) is 0 Å². The van der Waals surface area contributed by atoms with Crippen molar-refractivity contribution in [3.63, 3.8) is 0 Å². The summed E-state index contributed by atoms with van der Waals surface area (Å²) in [4.78, 5) is 11.8. The highest BCUT2D eigenvalue weighted by atomic mass is 79.9. The highest BCUT2D eigenvalue weighted by molar-refractivity contribution is 9.09. The zero-order chi connectivity index (χ0) is 12.7. The Hall–Kier alpha value is -1.03. The minimum atomic E-state index is 0.0899. The number of hydrogen-bond donors (Lipinski definition) is 1. The van der Waals surface area contributed by atoms with Crippen LogP contribution in [0.4, 0.5) is 0 Å². The molecule has 0 aliphatic carbocycles. The summed E-state index contributed by atoms with van der Waals surface area (Å²) < 4.78 is 5.08. The van der Waals surface area contributed by atoms with Crippen LogP contribution in [0.3, 0.4) is 0 Å². The normalized spacial score (nSPS) is 11.9. The van der Waals surface area contributed by atoms with Crippen LogP contribution >= 0.6 is 15.9 Å². The van der Waals surface area contributed by atoms with E-state index in [1.165, 1.54) is 0 Å². The maximum atomic E-state index is 11.5. The number of rotatable bonds is 6. The molecular weight excluding hydrogens is 282 g/mol. The minimum Gasteiger partial charge on any atom is -0.497 e. The number of aryl methyl sites for hydroxylation is 1. The van der Waals surface area contributed by atoms with E-state index < -0.39 is 0 Å². The Bertz CT molecular complexity index is 349. The van der Waals surface area contributed by atoms with E-state index >= 15 is 0 Å². The van der Waals surface area contributed by atoms with Gasteiger partial charge in [0.15, 0.2) is 0 Å². The smallest absolute Gasteiger partial charge is 0.220 e. The van der Waals surface area contributed by atoms with Crippen LogP contribution in [0.5, 0.6) is 5.75 Å². The zero-order valence-electron chi connectivity index (χ0n) is 10.2. The number of benzene rings is 1. The molecule has 17 heavy (non-hydrogen) atoms. The molecule has 0 saturated heterocycles. The molecule has 1 amide bonds. The molecule has 0 fully saturated rings. The molecule has 0 aliphatic rings. The second kappa shape index (κ2) is 7.33. The quantitative estimate of drug-likeness (QED) is 0.820. The van der Waals surface area contributed by atoms with Crippen molar-refractivity contribution in [2.75, 3.05) is 13.7 Å². The van der Waals surface area contributed by atoms with E-state index in [9.17, 15) is 4.79 Å². The summed E-state index contributed by atoms with van der Waals surface area (Å²) in [5, 5.41) is 2.86. The van der Waals surface area contributed by atoms with Gasteiger partial charge in [0, 0.05) is 17.8 Å². The first kappa shape index (κ1) is 14.0. The molecule has 1 rings (SSSR count). The summed E-state index contributed by atoms with van der Waals surface area (Å²) in [6.45, 7) is 2.67. The molecule has 0 heterocycles. The summed E-state index contributed by atoms with van der Waals surface area (Å²) >= 11 is 3.39. The fourth-order valence-corrected chi connectivity index (χ4v) is 1.55. The molecule has 1 N–H and O–H groups in total. The molecule has 3 nitrogen and oxygen atoms in total. The van der Waals surface area contributed by atoms with E-state index in [4.69, 9.17) is 4.74 Å². The SMILES string of the molecule is COc1ccc(CCC(=O)NCC(C)Br)cc1. The first-order valence-electron chi connectivity index (χ1n) is 5.65. The standard InChI is InChI=1S/C13H18BrNO2/c1-10(14)9-15-13(16)8-5-11-3-6-12(17-2)7-4-11/h3-4,6-7,10H,5,8-9H2,1-2H3,(H,15,16). The molecule has 0 saturated carbocycles. The Labute approximate surface area is 111 Å². The Morgan fingerprint density at radius 3 is 2.59 bits per heavy atom. The lowest BCUT2D eigenvalue weighted by Gasteiger charge is -2.07. The summed E-state index contributed by atoms with van der Waals surface area (Å²) in [5.74, 6) is 0.929. The van der Waals surface area contributed by atoms with E-state index in [0.717, 1.165) is 17.7 Å². The lowest BCUT2D eigenvalue weighted by molar-refractivity contribution is -0.121. The summed E-state index contributed by atoms with van der Waals surface area (Å²) in [6.07, 6.45) is 1.28. The molecule has 1 unspecified atom stereocenters. The first-order valence-corrected chi connectivity index (χ1v) is 6.57. The van der Waals surface area contributed by atoms with Crippen LogP contribution in [-0.2, 0) is 11.2 Å². The van der Waals surface area contributed by atoms with Crippen molar-refractivity contribution in [3.05, 3.63) is 29.8 Å². The van der Waals surface area contributed by atoms with Gasteiger partial charge in [-0.2, -0.15) is 0 Å². The molecule has 0 aliphatic heterocycles. The third-order valence-electron chi connectivity index (χ3n) is 2.38. The van der Waals surface area contributed by atoms with Crippen molar-refractivity contribution in [3.8, 4) is 5.75 Å². The summed E-state index contributed by atoms with van der Waals surface area (Å²) in [5.41, 5.74) is 1.15. The molecule has 94 valence electrons. The zero-order valence-corrected chi connectivity index (χ0v) is 11.8. The van der Waals surface area contributed by atoms with Gasteiger partial charge in [0.25, 0.3) is 0 Å². The van der Waals surface area contributed by atoms with Gasteiger partial charge in [0.2, 0.25) is 5.91 Å². The lowest BCUT2D eigenvalue weighted by Crippen LogP contribution is -2.28. The van der Waals surface area contributed by atoms with Gasteiger partial charge >= 0.3 is 0 Å². The number of nitrogens with one attached hydrogen (secondary N) is 1. The number of ether oxygens (including phenoxy) is 1. The van der Waals surface area contributed by atoms with Crippen molar-refractivity contribution >= 4 is 21.8 Å². The highest BCUT2D eigenvalue weighted by Gasteiger charge is 2.03. The summed E-state index contributed by atoms with van der Waals surface area (Å²) in [7, 11) is 1.64. The molecule has 4 heteroatoms. The van der Waals surface area contributed by atoms with Crippen LogP contribution in [0.15, 0.2) is 24.3 Å². The van der Waals surface area contributed by atoms with Crippen LogP contribution in [0.2, 0.25) is 0 Å². The highest BCUT2D eigenvalue weighted by Crippen LogP contribution is 2.12. The third-order valence-corrected chi connectivity index (χ3v) is 2.70. The minimum absolute atomic E-state index is 0.0899. The van der Waals surface area contributed by atoms with Gasteiger partial charge in [0.05, 0.1) is 7.11 Å². The maximum absolute atomic E-state index is 11.5. The van der Waals surface area contributed by atoms with E-state index in [2.05, 4.69) is 21.2 Å². The largest absolute Gasteiger partial charge is 0.497 e. The van der Waals surface area contributed by atoms with Gasteiger partial charge in [0.1, 0.15) is 5.75 Å². The van der Waals surface area contributed by atoms with Crippen LogP contribution in [0.1, 0.15) is 18.9 Å². The number of alkyl halides is 1. The predicted molar refractivity (Wildman–Crippen MR) is 72.7 cm³/mol. The Kier molecular flexibility index (Phi) is 6.05. The van der Waals surface area contributed by atoms with E-state index in [1.54, 1.807) is 7.11 Å². The van der Waals surface area contributed by atoms with E-state index in [-0.39, 0.29) is 5.91 Å². The Balaban J connectivity index is 2.31. The van der Waals surface area contributed by atoms with Crippen molar-refractivity contribution in [1.29, 1.82) is 0 Å². The molecule has 1 atom stereocenters. The fraction of sp³-hybridized carbons (Fsp3) is 0.462. The molecule has 0 aromatic heterocycles. The second-order valence-corrected chi connectivity index (χ2v) is 5.50. The van der Waals surface area contributed by atoms with Crippen LogP contribution in [0, 0.1) is 0 Å². The first-order chi connectivity index (χ1) is 8.11. The molecule has 0 bridgehead atoms. The summed E-state index contributed by atoms with van der Waals surface area (Å²) in [6, 6.07) is 7.79. The van der Waals surface area contributed by atoms with Gasteiger partial charge in [-0.1, -0.05) is 35.0 Å². The number of halogens is 1. The van der Waals surface area contributed by atoms with Crippen LogP contribution < -0.4 is 10.1 Å². The van der Waals surface area contributed by atoms with E-state index in [1.807, 2.05) is 31.2 Å². The average molecular weight is 300 g/mol. The molecule has 0 radical (unpaired) electrons. The van der Waals surface area contributed by atoms with E-state index in [0.29, 0.717) is 17.8 Å². The number of hydrogen-bond acceptors (Lipinski definition) is 2.